The van der Waals surface area contributed by atoms with Crippen molar-refractivity contribution in [3.63, 3.8) is 0 Å². The maximum Gasteiger partial charge on any atom is 0.0929 e. The van der Waals surface area contributed by atoms with Gasteiger partial charge < -0.3 is 4.74 Å². The molecule has 0 heterocycles. The minimum atomic E-state index is 0.686. The first-order chi connectivity index (χ1) is 5.16. The van der Waals surface area contributed by atoms with Crippen LogP contribution < -0.4 is 0 Å². The Hall–Kier alpha value is -1.24. The smallest absolute Gasteiger partial charge is 0.0929 e. The van der Waals surface area contributed by atoms with E-state index in [4.69, 9.17) is 4.74 Å². The lowest BCUT2D eigenvalue weighted by Gasteiger charge is -1.93. The van der Waals surface area contributed by atoms with Crippen molar-refractivity contribution >= 4 is 0 Å². The van der Waals surface area contributed by atoms with Crippen LogP contribution >= 0.6 is 0 Å². The highest BCUT2D eigenvalue weighted by Crippen LogP contribution is 1.95. The molecule has 60 valence electrons. The van der Waals surface area contributed by atoms with Crippen molar-refractivity contribution in [3.05, 3.63) is 49.0 Å². The van der Waals surface area contributed by atoms with Crippen LogP contribution in [0.25, 0.3) is 0 Å². The molecule has 11 heavy (non-hydrogen) atoms. The van der Waals surface area contributed by atoms with E-state index in [2.05, 4.69) is 13.2 Å². The molecule has 0 unspecified atom stereocenters. The minimum Gasteiger partial charge on any atom is -0.470 e. The first-order valence-corrected chi connectivity index (χ1v) is 3.45. The zero-order valence-corrected chi connectivity index (χ0v) is 7.13. The first-order valence-electron chi connectivity index (χ1n) is 3.45. The van der Waals surface area contributed by atoms with Crippen molar-refractivity contribution < 1.29 is 4.74 Å². The molecule has 0 aromatic rings. The first kappa shape index (κ1) is 9.76. The molecule has 0 aliphatic carbocycles. The van der Waals surface area contributed by atoms with Gasteiger partial charge in [0, 0.05) is 0 Å². The Kier molecular flexibility index (Phi) is 4.91. The van der Waals surface area contributed by atoms with Crippen molar-refractivity contribution in [2.45, 2.75) is 13.8 Å². The second kappa shape index (κ2) is 5.54. The maximum absolute atomic E-state index is 4.98. The van der Waals surface area contributed by atoms with E-state index in [1.807, 2.05) is 19.1 Å². The molecule has 0 bridgehead atoms. The lowest BCUT2D eigenvalue weighted by atomic mass is 10.3. The van der Waals surface area contributed by atoms with Gasteiger partial charge in [-0.1, -0.05) is 30.9 Å². The van der Waals surface area contributed by atoms with Gasteiger partial charge in [0.2, 0.25) is 0 Å². The molecule has 0 N–H and O–H groups in total. The molecule has 0 rings (SSSR count). The summed E-state index contributed by atoms with van der Waals surface area (Å²) in [6.07, 6.45) is 7.10. The van der Waals surface area contributed by atoms with E-state index < -0.39 is 0 Å². The zero-order valence-electron chi connectivity index (χ0n) is 7.13. The molecule has 1 heteroatoms. The van der Waals surface area contributed by atoms with Crippen molar-refractivity contribution in [1.29, 1.82) is 0 Å². The van der Waals surface area contributed by atoms with Gasteiger partial charge in [-0.05, 0) is 19.9 Å². The number of rotatable bonds is 4. The zero-order chi connectivity index (χ0) is 8.69. The van der Waals surface area contributed by atoms with E-state index in [0.717, 1.165) is 5.57 Å². The molecule has 0 spiro atoms. The third-order valence-corrected chi connectivity index (χ3v) is 1.03. The Balaban J connectivity index is 3.76. The second-order valence-electron chi connectivity index (χ2n) is 2.26. The molecule has 0 radical (unpaired) electrons. The normalized spacial score (nSPS) is 11.6. The van der Waals surface area contributed by atoms with Gasteiger partial charge >= 0.3 is 0 Å². The molecule has 0 aliphatic rings. The van der Waals surface area contributed by atoms with Crippen molar-refractivity contribution in [3.8, 4) is 0 Å². The van der Waals surface area contributed by atoms with Gasteiger partial charge in [-0.15, -0.1) is 0 Å². The lowest BCUT2D eigenvalue weighted by Crippen LogP contribution is -1.72. The topological polar surface area (TPSA) is 9.23 Å². The Morgan fingerprint density at radius 1 is 1.36 bits per heavy atom. The second-order valence-corrected chi connectivity index (χ2v) is 2.26. The third-order valence-electron chi connectivity index (χ3n) is 1.03. The van der Waals surface area contributed by atoms with E-state index in [9.17, 15) is 0 Å². The van der Waals surface area contributed by atoms with Crippen molar-refractivity contribution in [1.82, 2.24) is 0 Å². The predicted octanol–water partition coefficient (Wildman–Crippen LogP) is 3.18. The highest BCUT2D eigenvalue weighted by Gasteiger charge is 1.76. The van der Waals surface area contributed by atoms with Crippen LogP contribution in [0.1, 0.15) is 13.8 Å². The van der Waals surface area contributed by atoms with Gasteiger partial charge in [0.15, 0.2) is 0 Å². The average molecular weight is 150 g/mol. The van der Waals surface area contributed by atoms with Crippen molar-refractivity contribution in [2.75, 3.05) is 0 Å². The molecule has 0 fully saturated rings. The standard InChI is InChI=1S/C10H14O/c1-5-10(4)7-6-8-11-9(2)3/h5-8H,1-2H2,3-4H3/b8-6-,10-7-. The van der Waals surface area contributed by atoms with Gasteiger partial charge in [0.05, 0.1) is 12.0 Å². The average Bonchev–Trinajstić information content (AvgIpc) is 1.97. The van der Waals surface area contributed by atoms with Crippen LogP contribution in [0.5, 0.6) is 0 Å². The summed E-state index contributed by atoms with van der Waals surface area (Å²) in [5.74, 6) is 0.686. The minimum absolute atomic E-state index is 0.686. The van der Waals surface area contributed by atoms with E-state index in [0.29, 0.717) is 5.76 Å². The Morgan fingerprint density at radius 2 is 2.00 bits per heavy atom. The summed E-state index contributed by atoms with van der Waals surface area (Å²) in [7, 11) is 0. The molecule has 0 aliphatic heterocycles. The number of ether oxygens (including phenoxy) is 1. The Bertz CT molecular complexity index is 197. The lowest BCUT2D eigenvalue weighted by molar-refractivity contribution is 0.356. The van der Waals surface area contributed by atoms with E-state index >= 15 is 0 Å². The number of hydrogen-bond donors (Lipinski definition) is 0. The fourth-order valence-corrected chi connectivity index (χ4v) is 0.415. The van der Waals surface area contributed by atoms with Crippen LogP contribution in [0.3, 0.4) is 0 Å². The molecule has 0 aromatic heterocycles. The van der Waals surface area contributed by atoms with Gasteiger partial charge in [-0.25, -0.2) is 0 Å². The fraction of sp³-hybridized carbons (Fsp3) is 0.200. The molecule has 0 saturated carbocycles. The molecule has 0 saturated heterocycles. The largest absolute Gasteiger partial charge is 0.470 e. The quantitative estimate of drug-likeness (QED) is 0.441. The highest BCUT2D eigenvalue weighted by molar-refractivity contribution is 5.18. The van der Waals surface area contributed by atoms with Crippen LogP contribution in [-0.2, 0) is 4.74 Å². The van der Waals surface area contributed by atoms with Crippen molar-refractivity contribution in [2.24, 2.45) is 0 Å². The monoisotopic (exact) mass is 150 g/mol. The summed E-state index contributed by atoms with van der Waals surface area (Å²) in [6.45, 7) is 11.0. The molecule has 1 nitrogen and oxygen atoms in total. The Morgan fingerprint density at radius 3 is 2.45 bits per heavy atom. The van der Waals surface area contributed by atoms with Gasteiger partial charge in [0.25, 0.3) is 0 Å². The van der Waals surface area contributed by atoms with Gasteiger partial charge in [-0.2, -0.15) is 0 Å². The molecule has 0 atom stereocenters. The van der Waals surface area contributed by atoms with Crippen LogP contribution in [0, 0.1) is 0 Å². The Labute approximate surface area is 68.4 Å². The fourth-order valence-electron chi connectivity index (χ4n) is 0.415. The summed E-state index contributed by atoms with van der Waals surface area (Å²) in [5, 5.41) is 0. The summed E-state index contributed by atoms with van der Waals surface area (Å²) in [5.41, 5.74) is 1.10. The van der Waals surface area contributed by atoms with Gasteiger partial charge in [0.1, 0.15) is 0 Å². The van der Waals surface area contributed by atoms with E-state index in [1.165, 1.54) is 0 Å². The summed E-state index contributed by atoms with van der Waals surface area (Å²) < 4.78 is 4.98. The molecule has 0 amide bonds. The summed E-state index contributed by atoms with van der Waals surface area (Å²) >= 11 is 0. The highest BCUT2D eigenvalue weighted by atomic mass is 16.5. The van der Waals surface area contributed by atoms with Crippen LogP contribution in [0.4, 0.5) is 0 Å². The van der Waals surface area contributed by atoms with E-state index in [1.54, 1.807) is 19.3 Å². The summed E-state index contributed by atoms with van der Waals surface area (Å²) in [6, 6.07) is 0. The number of allylic oxidation sites excluding steroid dienone is 5. The maximum atomic E-state index is 4.98. The van der Waals surface area contributed by atoms with Crippen LogP contribution in [0.2, 0.25) is 0 Å². The van der Waals surface area contributed by atoms with E-state index in [-0.39, 0.29) is 0 Å². The molecular formula is C10H14O. The molecular weight excluding hydrogens is 136 g/mol. The predicted molar refractivity (Wildman–Crippen MR) is 49.0 cm³/mol. The molecule has 0 aromatic carbocycles. The van der Waals surface area contributed by atoms with Crippen LogP contribution in [-0.4, -0.2) is 0 Å². The number of hydrogen-bond acceptors (Lipinski definition) is 1. The van der Waals surface area contributed by atoms with Crippen LogP contribution in [0.15, 0.2) is 49.0 Å². The van der Waals surface area contributed by atoms with Gasteiger partial charge in [-0.3, -0.25) is 0 Å². The summed E-state index contributed by atoms with van der Waals surface area (Å²) in [4.78, 5) is 0. The third kappa shape index (κ3) is 6.65. The SMILES string of the molecule is C=C/C(C)=C\C=C/OC(=C)C.